The molecular weight excluding hydrogens is 204 g/mol. The molecule has 0 radical (unpaired) electrons. The molecule has 0 aromatic heterocycles. The van der Waals surface area contributed by atoms with Crippen molar-refractivity contribution in [2.45, 2.75) is 26.4 Å². The van der Waals surface area contributed by atoms with Crippen LogP contribution in [-0.2, 0) is 11.3 Å². The lowest BCUT2D eigenvalue weighted by Gasteiger charge is -2.12. The highest BCUT2D eigenvalue weighted by Crippen LogP contribution is 2.17. The summed E-state index contributed by atoms with van der Waals surface area (Å²) >= 11 is 0. The first kappa shape index (κ1) is 12.5. The van der Waals surface area contributed by atoms with E-state index in [0.29, 0.717) is 18.3 Å². The summed E-state index contributed by atoms with van der Waals surface area (Å²) in [5, 5.41) is 3.29. The van der Waals surface area contributed by atoms with E-state index in [1.54, 1.807) is 0 Å². The first-order valence-electron chi connectivity index (χ1n) is 5.32. The van der Waals surface area contributed by atoms with E-state index in [4.69, 9.17) is 10.5 Å². The zero-order chi connectivity index (χ0) is 12.0. The van der Waals surface area contributed by atoms with Gasteiger partial charge >= 0.3 is 0 Å². The molecule has 1 aromatic carbocycles. The summed E-state index contributed by atoms with van der Waals surface area (Å²) in [6.45, 7) is 4.78. The molecule has 0 spiro atoms. The normalized spacial score (nSPS) is 10.4. The van der Waals surface area contributed by atoms with Gasteiger partial charge in [-0.3, -0.25) is 4.79 Å². The molecule has 0 fully saturated rings. The molecule has 0 aliphatic carbocycles. The number of para-hydroxylation sites is 1. The predicted octanol–water partition coefficient (Wildman–Crippen LogP) is 1.05. The molecule has 3 N–H and O–H groups in total. The second-order valence-corrected chi connectivity index (χ2v) is 3.90. The van der Waals surface area contributed by atoms with Crippen LogP contribution in [0, 0.1) is 0 Å². The standard InChI is InChI=1S/C12H18N2O2/c1-9(2)14-7-10-5-3-4-6-11(10)16-8-12(13)15/h3-6,9,14H,7-8H2,1-2H3,(H2,13,15). The minimum absolute atomic E-state index is 0.0846. The number of carbonyl (C=O) groups is 1. The fraction of sp³-hybridized carbons (Fsp3) is 0.417. The van der Waals surface area contributed by atoms with Gasteiger partial charge in [-0.1, -0.05) is 32.0 Å². The van der Waals surface area contributed by atoms with Gasteiger partial charge in [-0.05, 0) is 6.07 Å². The zero-order valence-corrected chi connectivity index (χ0v) is 9.69. The van der Waals surface area contributed by atoms with Crippen LogP contribution in [0.15, 0.2) is 24.3 Å². The molecule has 16 heavy (non-hydrogen) atoms. The maximum atomic E-state index is 10.6. The Hall–Kier alpha value is -1.55. The predicted molar refractivity (Wildman–Crippen MR) is 63.1 cm³/mol. The van der Waals surface area contributed by atoms with E-state index in [2.05, 4.69) is 19.2 Å². The molecule has 1 rings (SSSR count). The Morgan fingerprint density at radius 3 is 2.75 bits per heavy atom. The van der Waals surface area contributed by atoms with Crippen molar-refractivity contribution in [1.82, 2.24) is 5.32 Å². The minimum atomic E-state index is -0.466. The molecule has 0 heterocycles. The van der Waals surface area contributed by atoms with Gasteiger partial charge in [0, 0.05) is 18.2 Å². The largest absolute Gasteiger partial charge is 0.483 e. The van der Waals surface area contributed by atoms with Crippen LogP contribution in [0.1, 0.15) is 19.4 Å². The van der Waals surface area contributed by atoms with Gasteiger partial charge < -0.3 is 15.8 Å². The summed E-state index contributed by atoms with van der Waals surface area (Å²) < 4.78 is 5.32. The number of benzene rings is 1. The number of nitrogens with one attached hydrogen (secondary N) is 1. The first-order valence-corrected chi connectivity index (χ1v) is 5.32. The van der Waals surface area contributed by atoms with Crippen molar-refractivity contribution >= 4 is 5.91 Å². The van der Waals surface area contributed by atoms with E-state index >= 15 is 0 Å². The molecule has 0 aliphatic heterocycles. The minimum Gasteiger partial charge on any atom is -0.483 e. The molecular formula is C12H18N2O2. The molecule has 0 aliphatic rings. The van der Waals surface area contributed by atoms with Crippen LogP contribution < -0.4 is 15.8 Å². The Bertz CT molecular complexity index is 351. The Balaban J connectivity index is 2.63. The van der Waals surface area contributed by atoms with Crippen LogP contribution in [0.4, 0.5) is 0 Å². The third-order valence-electron chi connectivity index (χ3n) is 2.04. The van der Waals surface area contributed by atoms with Crippen molar-refractivity contribution < 1.29 is 9.53 Å². The summed E-state index contributed by atoms with van der Waals surface area (Å²) in [6.07, 6.45) is 0. The number of primary amides is 1. The Kier molecular flexibility index (Phi) is 4.79. The lowest BCUT2D eigenvalue weighted by Crippen LogP contribution is -2.23. The lowest BCUT2D eigenvalue weighted by molar-refractivity contribution is -0.119. The summed E-state index contributed by atoms with van der Waals surface area (Å²) in [6, 6.07) is 8.01. The maximum Gasteiger partial charge on any atom is 0.255 e. The second-order valence-electron chi connectivity index (χ2n) is 3.90. The molecule has 0 bridgehead atoms. The number of hydrogen-bond donors (Lipinski definition) is 2. The third-order valence-corrected chi connectivity index (χ3v) is 2.04. The van der Waals surface area contributed by atoms with Gasteiger partial charge in [0.2, 0.25) is 0 Å². The van der Waals surface area contributed by atoms with E-state index in [0.717, 1.165) is 5.56 Å². The highest BCUT2D eigenvalue weighted by atomic mass is 16.5. The van der Waals surface area contributed by atoms with Crippen LogP contribution in [0.25, 0.3) is 0 Å². The molecule has 1 aromatic rings. The van der Waals surface area contributed by atoms with Crippen LogP contribution in [0.5, 0.6) is 5.75 Å². The van der Waals surface area contributed by atoms with Gasteiger partial charge in [0.25, 0.3) is 5.91 Å². The fourth-order valence-corrected chi connectivity index (χ4v) is 1.25. The van der Waals surface area contributed by atoms with Crippen molar-refractivity contribution in [3.63, 3.8) is 0 Å². The molecule has 0 saturated carbocycles. The van der Waals surface area contributed by atoms with Crippen molar-refractivity contribution in [1.29, 1.82) is 0 Å². The maximum absolute atomic E-state index is 10.6. The molecule has 0 saturated heterocycles. The Morgan fingerprint density at radius 1 is 1.44 bits per heavy atom. The first-order chi connectivity index (χ1) is 7.59. The second kappa shape index (κ2) is 6.12. The summed E-state index contributed by atoms with van der Waals surface area (Å²) in [7, 11) is 0. The van der Waals surface area contributed by atoms with E-state index in [1.807, 2.05) is 24.3 Å². The van der Waals surface area contributed by atoms with Crippen LogP contribution in [-0.4, -0.2) is 18.6 Å². The van der Waals surface area contributed by atoms with E-state index in [9.17, 15) is 4.79 Å². The van der Waals surface area contributed by atoms with Gasteiger partial charge in [0.1, 0.15) is 5.75 Å². The number of ether oxygens (including phenoxy) is 1. The van der Waals surface area contributed by atoms with Gasteiger partial charge in [-0.2, -0.15) is 0 Å². The third kappa shape index (κ3) is 4.31. The highest BCUT2D eigenvalue weighted by molar-refractivity contribution is 5.75. The molecule has 4 nitrogen and oxygen atoms in total. The summed E-state index contributed by atoms with van der Waals surface area (Å²) in [4.78, 5) is 10.6. The number of rotatable bonds is 6. The lowest BCUT2D eigenvalue weighted by atomic mass is 10.2. The van der Waals surface area contributed by atoms with E-state index in [1.165, 1.54) is 0 Å². The van der Waals surface area contributed by atoms with E-state index < -0.39 is 5.91 Å². The topological polar surface area (TPSA) is 64.3 Å². The molecule has 0 unspecified atom stereocenters. The fourth-order valence-electron chi connectivity index (χ4n) is 1.25. The Labute approximate surface area is 95.8 Å². The number of carbonyl (C=O) groups excluding carboxylic acids is 1. The smallest absolute Gasteiger partial charge is 0.255 e. The van der Waals surface area contributed by atoms with Gasteiger partial charge in [0.15, 0.2) is 6.61 Å². The number of nitrogens with two attached hydrogens (primary N) is 1. The van der Waals surface area contributed by atoms with Gasteiger partial charge in [-0.25, -0.2) is 0 Å². The average molecular weight is 222 g/mol. The summed E-state index contributed by atoms with van der Waals surface area (Å²) in [5.41, 5.74) is 6.06. The van der Waals surface area contributed by atoms with Crippen molar-refractivity contribution in [3.8, 4) is 5.75 Å². The van der Waals surface area contributed by atoms with Crippen molar-refractivity contribution in [2.75, 3.05) is 6.61 Å². The monoisotopic (exact) mass is 222 g/mol. The van der Waals surface area contributed by atoms with Gasteiger partial charge in [-0.15, -0.1) is 0 Å². The summed E-state index contributed by atoms with van der Waals surface area (Å²) in [5.74, 6) is 0.237. The average Bonchev–Trinajstić information content (AvgIpc) is 2.24. The number of amides is 1. The van der Waals surface area contributed by atoms with Crippen molar-refractivity contribution in [2.24, 2.45) is 5.73 Å². The van der Waals surface area contributed by atoms with Crippen LogP contribution in [0.2, 0.25) is 0 Å². The number of hydrogen-bond acceptors (Lipinski definition) is 3. The molecule has 88 valence electrons. The SMILES string of the molecule is CC(C)NCc1ccccc1OCC(N)=O. The Morgan fingerprint density at radius 2 is 2.12 bits per heavy atom. The quantitative estimate of drug-likeness (QED) is 0.756. The molecule has 0 atom stereocenters. The van der Waals surface area contributed by atoms with E-state index in [-0.39, 0.29) is 6.61 Å². The molecule has 4 heteroatoms. The van der Waals surface area contributed by atoms with Gasteiger partial charge in [0.05, 0.1) is 0 Å². The molecule has 1 amide bonds. The van der Waals surface area contributed by atoms with Crippen LogP contribution in [0.3, 0.4) is 0 Å². The highest BCUT2D eigenvalue weighted by Gasteiger charge is 2.04. The van der Waals surface area contributed by atoms with Crippen LogP contribution >= 0.6 is 0 Å². The zero-order valence-electron chi connectivity index (χ0n) is 9.69. The van der Waals surface area contributed by atoms with Crippen molar-refractivity contribution in [3.05, 3.63) is 29.8 Å².